The van der Waals surface area contributed by atoms with Crippen LogP contribution in [0.25, 0.3) is 0 Å². The molecule has 2 nitrogen and oxygen atoms in total. The number of methoxy groups -OCH3 is 1. The first kappa shape index (κ1) is 15.0. The maximum absolute atomic E-state index is 13.1. The molecule has 0 aliphatic heterocycles. The molecule has 0 aromatic heterocycles. The van der Waals surface area contributed by atoms with E-state index < -0.39 is 23.7 Å². The van der Waals surface area contributed by atoms with Gasteiger partial charge in [-0.3, -0.25) is 0 Å². The van der Waals surface area contributed by atoms with Gasteiger partial charge < -0.3 is 10.5 Å². The van der Waals surface area contributed by atoms with Crippen LogP contribution < -0.4 is 10.5 Å². The zero-order chi connectivity index (χ0) is 14.1. The molecule has 0 bridgehead atoms. The molecular weight excluding hydrogens is 281 g/mol. The van der Waals surface area contributed by atoms with Gasteiger partial charge in [-0.15, -0.1) is 0 Å². The summed E-state index contributed by atoms with van der Waals surface area (Å²) in [6, 6.07) is 0.794. The highest BCUT2D eigenvalue weighted by Crippen LogP contribution is 2.45. The predicted molar refractivity (Wildman–Crippen MR) is 55.9 cm³/mol. The van der Waals surface area contributed by atoms with Crippen molar-refractivity contribution in [2.75, 3.05) is 7.11 Å². The van der Waals surface area contributed by atoms with Crippen LogP contribution in [0.15, 0.2) is 18.2 Å². The van der Waals surface area contributed by atoms with Crippen molar-refractivity contribution in [1.82, 2.24) is 0 Å². The maximum Gasteiger partial charge on any atom is 0.455 e. The molecule has 1 rings (SSSR count). The molecule has 0 heterocycles. The number of nitrogens with two attached hydrogens (primary N) is 1. The molecule has 0 saturated carbocycles. The van der Waals surface area contributed by atoms with Crippen molar-refractivity contribution in [2.24, 2.45) is 5.73 Å². The van der Waals surface area contributed by atoms with E-state index in [0.717, 1.165) is 13.2 Å². The lowest BCUT2D eigenvalue weighted by Crippen LogP contribution is -2.45. The number of hydrogen-bond acceptors (Lipinski definition) is 2. The normalized spacial score (nSPS) is 14.4. The highest BCUT2D eigenvalue weighted by molar-refractivity contribution is 6.30. The smallest absolute Gasteiger partial charge is 0.455 e. The van der Waals surface area contributed by atoms with Crippen molar-refractivity contribution in [1.29, 1.82) is 0 Å². The van der Waals surface area contributed by atoms with E-state index in [-0.39, 0.29) is 10.8 Å². The van der Waals surface area contributed by atoms with Gasteiger partial charge in [-0.2, -0.15) is 22.0 Å². The Morgan fingerprint density at radius 3 is 2.22 bits per heavy atom. The van der Waals surface area contributed by atoms with Crippen molar-refractivity contribution in [2.45, 2.75) is 18.1 Å². The largest absolute Gasteiger partial charge is 0.496 e. The average Bonchev–Trinajstić information content (AvgIpc) is 2.26. The molecule has 0 aliphatic carbocycles. The Morgan fingerprint density at radius 2 is 1.78 bits per heavy atom. The number of ether oxygens (including phenoxy) is 1. The lowest BCUT2D eigenvalue weighted by atomic mass is 10.00. The Balaban J connectivity index is 3.26. The summed E-state index contributed by atoms with van der Waals surface area (Å²) in [7, 11) is 1.13. The first-order valence-corrected chi connectivity index (χ1v) is 5.02. The van der Waals surface area contributed by atoms with E-state index >= 15 is 0 Å². The summed E-state index contributed by atoms with van der Waals surface area (Å²) >= 11 is 5.54. The van der Waals surface area contributed by atoms with Crippen molar-refractivity contribution in [3.8, 4) is 5.75 Å². The van der Waals surface area contributed by atoms with E-state index in [1.807, 2.05) is 0 Å². The van der Waals surface area contributed by atoms with Gasteiger partial charge in [0.15, 0.2) is 0 Å². The number of hydrogen-bond donors (Lipinski definition) is 1. The monoisotopic (exact) mass is 289 g/mol. The first-order valence-electron chi connectivity index (χ1n) is 4.64. The second kappa shape index (κ2) is 4.89. The quantitative estimate of drug-likeness (QED) is 0.864. The molecule has 1 aromatic carbocycles. The van der Waals surface area contributed by atoms with Gasteiger partial charge in [0.25, 0.3) is 0 Å². The van der Waals surface area contributed by atoms with Crippen LogP contribution in [0, 0.1) is 0 Å². The fourth-order valence-corrected chi connectivity index (χ4v) is 1.50. The third-order valence-corrected chi connectivity index (χ3v) is 2.53. The van der Waals surface area contributed by atoms with Crippen LogP contribution in [0.3, 0.4) is 0 Å². The summed E-state index contributed by atoms with van der Waals surface area (Å²) in [5.41, 5.74) is 4.49. The highest BCUT2D eigenvalue weighted by Gasteiger charge is 2.62. The summed E-state index contributed by atoms with van der Waals surface area (Å²) in [6.45, 7) is 0. The molecule has 0 spiro atoms. The van der Waals surface area contributed by atoms with E-state index in [1.165, 1.54) is 12.1 Å². The molecule has 0 saturated heterocycles. The van der Waals surface area contributed by atoms with E-state index in [9.17, 15) is 22.0 Å². The van der Waals surface area contributed by atoms with Crippen LogP contribution in [0.1, 0.15) is 11.6 Å². The van der Waals surface area contributed by atoms with E-state index in [1.54, 1.807) is 0 Å². The summed E-state index contributed by atoms with van der Waals surface area (Å²) in [5.74, 6) is -5.26. The second-order valence-corrected chi connectivity index (χ2v) is 3.92. The Bertz CT molecular complexity index is 435. The maximum atomic E-state index is 13.1. The lowest BCUT2D eigenvalue weighted by Gasteiger charge is -2.27. The zero-order valence-electron chi connectivity index (χ0n) is 9.06. The summed E-state index contributed by atoms with van der Waals surface area (Å²) in [6.07, 6.45) is -5.75. The summed E-state index contributed by atoms with van der Waals surface area (Å²) in [5, 5.41) is -0.0146. The van der Waals surface area contributed by atoms with Gasteiger partial charge in [0.2, 0.25) is 0 Å². The van der Waals surface area contributed by atoms with Crippen molar-refractivity contribution < 1.29 is 26.7 Å². The molecule has 1 aromatic rings. The molecule has 0 aliphatic rings. The van der Waals surface area contributed by atoms with Crippen molar-refractivity contribution in [3.63, 3.8) is 0 Å². The number of benzene rings is 1. The molecule has 1 atom stereocenters. The minimum absolute atomic E-state index is 0.0146. The minimum atomic E-state index is -5.75. The average molecular weight is 290 g/mol. The van der Waals surface area contributed by atoms with Crippen LogP contribution in [0.2, 0.25) is 5.02 Å². The van der Waals surface area contributed by atoms with Gasteiger partial charge in [0, 0.05) is 10.6 Å². The molecular formula is C10H9ClF5NO. The zero-order valence-corrected chi connectivity index (χ0v) is 9.82. The summed E-state index contributed by atoms with van der Waals surface area (Å²) in [4.78, 5) is 0. The molecule has 102 valence electrons. The summed E-state index contributed by atoms with van der Waals surface area (Å²) < 4.78 is 67.5. The van der Waals surface area contributed by atoms with E-state index in [2.05, 4.69) is 4.74 Å². The van der Waals surface area contributed by atoms with Crippen LogP contribution in [0.4, 0.5) is 22.0 Å². The molecule has 0 radical (unpaired) electrons. The Hall–Kier alpha value is -1.08. The molecule has 0 unspecified atom stereocenters. The van der Waals surface area contributed by atoms with Crippen LogP contribution in [-0.4, -0.2) is 19.2 Å². The first-order chi connectivity index (χ1) is 8.11. The standard InChI is InChI=1S/C10H9ClF5NO/c1-18-7-3-2-5(11)4-6(7)8(17)9(12,13)10(14,15)16/h2-4,8H,17H2,1H3/t8-/m1/s1. The number of halogens is 6. The number of alkyl halides is 5. The predicted octanol–water partition coefficient (Wildman–Crippen LogP) is 3.55. The topological polar surface area (TPSA) is 35.2 Å². The molecule has 0 amide bonds. The molecule has 0 fully saturated rings. The van der Waals surface area contributed by atoms with Crippen LogP contribution in [0.5, 0.6) is 5.75 Å². The number of rotatable bonds is 3. The van der Waals surface area contributed by atoms with Gasteiger partial charge in [0.1, 0.15) is 11.8 Å². The fraction of sp³-hybridized carbons (Fsp3) is 0.400. The van der Waals surface area contributed by atoms with Gasteiger partial charge in [-0.05, 0) is 18.2 Å². The third kappa shape index (κ3) is 2.67. The molecule has 2 N–H and O–H groups in total. The van der Waals surface area contributed by atoms with Crippen LogP contribution >= 0.6 is 11.6 Å². The van der Waals surface area contributed by atoms with Gasteiger partial charge in [0.05, 0.1) is 7.11 Å². The second-order valence-electron chi connectivity index (χ2n) is 3.48. The Morgan fingerprint density at radius 1 is 1.22 bits per heavy atom. The van der Waals surface area contributed by atoms with Gasteiger partial charge in [-0.25, -0.2) is 0 Å². The fourth-order valence-electron chi connectivity index (χ4n) is 1.32. The van der Waals surface area contributed by atoms with Crippen molar-refractivity contribution >= 4 is 11.6 Å². The molecule has 8 heteroatoms. The Kier molecular flexibility index (Phi) is 4.07. The molecule has 18 heavy (non-hydrogen) atoms. The van der Waals surface area contributed by atoms with Gasteiger partial charge >= 0.3 is 12.1 Å². The lowest BCUT2D eigenvalue weighted by molar-refractivity contribution is -0.291. The SMILES string of the molecule is COc1ccc(Cl)cc1[C@@H](N)C(F)(F)C(F)(F)F. The van der Waals surface area contributed by atoms with Gasteiger partial charge in [-0.1, -0.05) is 11.6 Å². The van der Waals surface area contributed by atoms with Crippen molar-refractivity contribution in [3.05, 3.63) is 28.8 Å². The highest BCUT2D eigenvalue weighted by atomic mass is 35.5. The van der Waals surface area contributed by atoms with E-state index in [0.29, 0.717) is 0 Å². The van der Waals surface area contributed by atoms with Crippen LogP contribution in [-0.2, 0) is 0 Å². The third-order valence-electron chi connectivity index (χ3n) is 2.30. The minimum Gasteiger partial charge on any atom is -0.496 e. The Labute approximate surface area is 104 Å². The van der Waals surface area contributed by atoms with E-state index in [4.69, 9.17) is 17.3 Å².